The zero-order chi connectivity index (χ0) is 14.5. The molecule has 20 heavy (non-hydrogen) atoms. The molecule has 2 fully saturated rings. The minimum absolute atomic E-state index is 0.129. The van der Waals surface area contributed by atoms with Crippen molar-refractivity contribution < 1.29 is 5.11 Å². The summed E-state index contributed by atoms with van der Waals surface area (Å²) in [6.07, 6.45) is 4.92. The number of hydrogen-bond donors (Lipinski definition) is 2. The molecule has 0 amide bonds. The van der Waals surface area contributed by atoms with Crippen molar-refractivity contribution in [2.45, 2.75) is 52.1 Å². The predicted octanol–water partition coefficient (Wildman–Crippen LogP) is 3.28. The summed E-state index contributed by atoms with van der Waals surface area (Å²) in [5.41, 5.74) is 8.73. The highest BCUT2D eigenvalue weighted by Gasteiger charge is 2.59. The monoisotopic (exact) mass is 273 g/mol. The highest BCUT2D eigenvalue weighted by molar-refractivity contribution is 5.34. The Morgan fingerprint density at radius 1 is 1.25 bits per heavy atom. The van der Waals surface area contributed by atoms with Crippen LogP contribution in [0.4, 0.5) is 0 Å². The van der Waals surface area contributed by atoms with Gasteiger partial charge in [-0.25, -0.2) is 0 Å². The first kappa shape index (κ1) is 14.1. The van der Waals surface area contributed by atoms with Gasteiger partial charge >= 0.3 is 0 Å². The third kappa shape index (κ3) is 1.85. The van der Waals surface area contributed by atoms with Crippen LogP contribution in [0, 0.1) is 31.1 Å². The van der Waals surface area contributed by atoms with Crippen molar-refractivity contribution in [3.05, 3.63) is 34.9 Å². The van der Waals surface area contributed by atoms with Gasteiger partial charge in [0.25, 0.3) is 0 Å². The lowest BCUT2D eigenvalue weighted by molar-refractivity contribution is -0.103. The molecule has 2 heteroatoms. The van der Waals surface area contributed by atoms with Gasteiger partial charge in [-0.3, -0.25) is 0 Å². The van der Waals surface area contributed by atoms with E-state index >= 15 is 0 Å². The number of aryl methyl sites for hydroxylation is 2. The van der Waals surface area contributed by atoms with E-state index in [0.29, 0.717) is 12.5 Å². The molecule has 3 rings (SSSR count). The Balaban J connectivity index is 2.05. The van der Waals surface area contributed by atoms with Gasteiger partial charge in [0.2, 0.25) is 0 Å². The smallest absolute Gasteiger partial charge is 0.0939 e. The zero-order valence-corrected chi connectivity index (χ0v) is 12.9. The number of hydrogen-bond acceptors (Lipinski definition) is 2. The highest BCUT2D eigenvalue weighted by Crippen LogP contribution is 2.62. The van der Waals surface area contributed by atoms with Gasteiger partial charge in [0.1, 0.15) is 0 Å². The van der Waals surface area contributed by atoms with E-state index in [4.69, 9.17) is 5.73 Å². The van der Waals surface area contributed by atoms with E-state index in [1.165, 1.54) is 30.4 Å². The van der Waals surface area contributed by atoms with Crippen molar-refractivity contribution in [1.29, 1.82) is 0 Å². The molecule has 2 aliphatic carbocycles. The first-order valence-corrected chi connectivity index (χ1v) is 7.90. The standard InChI is InChI=1S/C18H27NO/c1-12-6-13(2)8-16(7-12)17(3,20)18(11-19)10-14-4-5-15(18)9-14/h6-8,14-15,20H,4-5,9-11,19H2,1-3H3. The van der Waals surface area contributed by atoms with E-state index in [1.54, 1.807) is 0 Å². The topological polar surface area (TPSA) is 46.2 Å². The van der Waals surface area contributed by atoms with Gasteiger partial charge in [-0.1, -0.05) is 35.7 Å². The van der Waals surface area contributed by atoms with Crippen LogP contribution in [0.5, 0.6) is 0 Å². The Bertz CT molecular complexity index is 502. The number of aliphatic hydroxyl groups is 1. The average Bonchev–Trinajstić information content (AvgIpc) is 2.98. The van der Waals surface area contributed by atoms with Gasteiger partial charge in [0.15, 0.2) is 0 Å². The summed E-state index contributed by atoms with van der Waals surface area (Å²) in [5, 5.41) is 11.4. The van der Waals surface area contributed by atoms with Gasteiger partial charge in [-0.2, -0.15) is 0 Å². The molecule has 0 spiro atoms. The average molecular weight is 273 g/mol. The normalized spacial score (nSPS) is 35.2. The zero-order valence-electron chi connectivity index (χ0n) is 12.9. The van der Waals surface area contributed by atoms with Crippen molar-refractivity contribution in [3.63, 3.8) is 0 Å². The summed E-state index contributed by atoms with van der Waals surface area (Å²) in [5.74, 6) is 1.37. The van der Waals surface area contributed by atoms with Crippen LogP contribution in [-0.4, -0.2) is 11.7 Å². The second kappa shape index (κ2) is 4.57. The molecule has 0 saturated heterocycles. The first-order chi connectivity index (χ1) is 9.39. The van der Waals surface area contributed by atoms with Gasteiger partial charge in [-0.15, -0.1) is 0 Å². The molecule has 2 saturated carbocycles. The van der Waals surface area contributed by atoms with Crippen LogP contribution in [-0.2, 0) is 5.60 Å². The molecule has 2 nitrogen and oxygen atoms in total. The minimum atomic E-state index is -0.821. The summed E-state index contributed by atoms with van der Waals surface area (Å²) >= 11 is 0. The van der Waals surface area contributed by atoms with Gasteiger partial charge < -0.3 is 10.8 Å². The maximum atomic E-state index is 11.4. The third-order valence-electron chi connectivity index (χ3n) is 6.09. The maximum absolute atomic E-state index is 11.4. The molecular formula is C18H27NO. The second-order valence-corrected chi connectivity index (χ2v) is 7.39. The van der Waals surface area contributed by atoms with E-state index < -0.39 is 5.60 Å². The predicted molar refractivity (Wildman–Crippen MR) is 82.4 cm³/mol. The van der Waals surface area contributed by atoms with E-state index in [9.17, 15) is 5.11 Å². The van der Waals surface area contributed by atoms with Crippen LogP contribution in [0.2, 0.25) is 0 Å². The maximum Gasteiger partial charge on any atom is 0.0939 e. The van der Waals surface area contributed by atoms with Crippen molar-refractivity contribution in [2.24, 2.45) is 23.0 Å². The molecule has 0 heterocycles. The summed E-state index contributed by atoms with van der Waals surface area (Å²) < 4.78 is 0. The largest absolute Gasteiger partial charge is 0.385 e. The van der Waals surface area contributed by atoms with Crippen molar-refractivity contribution in [3.8, 4) is 0 Å². The third-order valence-corrected chi connectivity index (χ3v) is 6.09. The molecule has 0 radical (unpaired) electrons. The number of benzene rings is 1. The molecule has 4 atom stereocenters. The Labute approximate surface area is 122 Å². The van der Waals surface area contributed by atoms with Crippen molar-refractivity contribution in [1.82, 2.24) is 0 Å². The molecule has 1 aromatic carbocycles. The highest BCUT2D eigenvalue weighted by atomic mass is 16.3. The van der Waals surface area contributed by atoms with E-state index in [2.05, 4.69) is 32.0 Å². The first-order valence-electron chi connectivity index (χ1n) is 7.90. The molecule has 0 aliphatic heterocycles. The summed E-state index contributed by atoms with van der Waals surface area (Å²) in [6.45, 7) is 6.79. The van der Waals surface area contributed by atoms with Gasteiger partial charge in [0.05, 0.1) is 5.60 Å². The van der Waals surface area contributed by atoms with Crippen LogP contribution < -0.4 is 5.73 Å². The Morgan fingerprint density at radius 3 is 2.35 bits per heavy atom. The van der Waals surface area contributed by atoms with E-state index in [-0.39, 0.29) is 5.41 Å². The van der Waals surface area contributed by atoms with Gasteiger partial charge in [-0.05, 0) is 57.4 Å². The molecule has 3 N–H and O–H groups in total. The SMILES string of the molecule is Cc1cc(C)cc(C(C)(O)C2(CN)CC3CCC2C3)c1. The summed E-state index contributed by atoms with van der Waals surface area (Å²) in [4.78, 5) is 0. The Morgan fingerprint density at radius 2 is 1.90 bits per heavy atom. The molecule has 110 valence electrons. The summed E-state index contributed by atoms with van der Waals surface area (Å²) in [6, 6.07) is 6.43. The van der Waals surface area contributed by atoms with Crippen molar-refractivity contribution >= 4 is 0 Å². The lowest BCUT2D eigenvalue weighted by atomic mass is 9.60. The molecule has 4 unspecified atom stereocenters. The van der Waals surface area contributed by atoms with Gasteiger partial charge in [0, 0.05) is 12.0 Å². The van der Waals surface area contributed by atoms with Crippen molar-refractivity contribution in [2.75, 3.05) is 6.54 Å². The Kier molecular flexibility index (Phi) is 3.22. The number of nitrogens with two attached hydrogens (primary N) is 1. The van der Waals surface area contributed by atoms with E-state index in [0.717, 1.165) is 17.9 Å². The lowest BCUT2D eigenvalue weighted by Crippen LogP contribution is -2.52. The van der Waals surface area contributed by atoms with E-state index in [1.807, 2.05) is 6.92 Å². The van der Waals surface area contributed by atoms with Crippen LogP contribution in [0.3, 0.4) is 0 Å². The quantitative estimate of drug-likeness (QED) is 0.888. The molecule has 1 aromatic rings. The molecule has 0 aromatic heterocycles. The second-order valence-electron chi connectivity index (χ2n) is 7.39. The fourth-order valence-electron chi connectivity index (χ4n) is 5.03. The lowest BCUT2D eigenvalue weighted by Gasteiger charge is -2.48. The summed E-state index contributed by atoms with van der Waals surface area (Å²) in [7, 11) is 0. The minimum Gasteiger partial charge on any atom is -0.385 e. The van der Waals surface area contributed by atoms with Crippen LogP contribution >= 0.6 is 0 Å². The Hall–Kier alpha value is -0.860. The van der Waals surface area contributed by atoms with Crippen LogP contribution in [0.15, 0.2) is 18.2 Å². The number of rotatable bonds is 3. The fraction of sp³-hybridized carbons (Fsp3) is 0.667. The molecular weight excluding hydrogens is 246 g/mol. The van der Waals surface area contributed by atoms with Crippen LogP contribution in [0.25, 0.3) is 0 Å². The molecule has 2 aliphatic rings. The number of fused-ring (bicyclic) bond motifs is 2. The fourth-order valence-corrected chi connectivity index (χ4v) is 5.03. The van der Waals surface area contributed by atoms with Crippen LogP contribution in [0.1, 0.15) is 49.3 Å². The molecule has 2 bridgehead atoms.